The quantitative estimate of drug-likeness (QED) is 0.620. The van der Waals surface area contributed by atoms with Crippen LogP contribution in [0, 0.1) is 5.92 Å². The largest absolute Gasteiger partial charge is 0.297 e. The Morgan fingerprint density at radius 3 is 1.74 bits per heavy atom. The average molecular weight is 375 g/mol. The smallest absolute Gasteiger partial charge is 0.181 e. The number of halogens is 1. The van der Waals surface area contributed by atoms with Gasteiger partial charge in [-0.2, -0.15) is 0 Å². The minimum absolute atomic E-state index is 0.323. The first-order chi connectivity index (χ1) is 13.1. The van der Waals surface area contributed by atoms with E-state index in [1.54, 1.807) is 48.5 Å². The first-order valence-electron chi connectivity index (χ1n) is 8.59. The summed E-state index contributed by atoms with van der Waals surface area (Å²) in [5, 5.41) is 0.554. The molecule has 0 radical (unpaired) electrons. The zero-order chi connectivity index (χ0) is 19.0. The first-order valence-corrected chi connectivity index (χ1v) is 8.97. The Labute approximate surface area is 161 Å². The highest BCUT2D eigenvalue weighted by atomic mass is 35.5. The number of ketones is 3. The fraction of sp³-hybridized carbons (Fsp3) is 0.0870. The Balaban J connectivity index is 1.79. The topological polar surface area (TPSA) is 51.2 Å². The number of hydrogen-bond donors (Lipinski definition) is 0. The summed E-state index contributed by atoms with van der Waals surface area (Å²) in [5.41, 5.74) is 2.08. The molecule has 4 rings (SSSR count). The Kier molecular flexibility index (Phi) is 4.46. The van der Waals surface area contributed by atoms with Crippen molar-refractivity contribution < 1.29 is 14.4 Å². The molecule has 1 aliphatic rings. The van der Waals surface area contributed by atoms with Crippen molar-refractivity contribution in [2.75, 3.05) is 0 Å². The van der Waals surface area contributed by atoms with Gasteiger partial charge < -0.3 is 0 Å². The van der Waals surface area contributed by atoms with Crippen LogP contribution in [0.15, 0.2) is 78.9 Å². The maximum Gasteiger partial charge on any atom is 0.181 e. The molecule has 0 fully saturated rings. The van der Waals surface area contributed by atoms with E-state index in [9.17, 15) is 14.4 Å². The molecule has 1 aliphatic carbocycles. The summed E-state index contributed by atoms with van der Waals surface area (Å²) in [6.45, 7) is 0. The van der Waals surface area contributed by atoms with Crippen LogP contribution in [0.2, 0.25) is 5.02 Å². The van der Waals surface area contributed by atoms with Gasteiger partial charge in [-0.05, 0) is 23.3 Å². The molecule has 0 aromatic heterocycles. The van der Waals surface area contributed by atoms with Crippen LogP contribution in [0.25, 0.3) is 0 Å². The number of carbonyl (C=O) groups is 3. The summed E-state index contributed by atoms with van der Waals surface area (Å²) in [6, 6.07) is 22.7. The monoisotopic (exact) mass is 374 g/mol. The molecule has 3 aromatic carbocycles. The lowest BCUT2D eigenvalue weighted by Gasteiger charge is -2.19. The van der Waals surface area contributed by atoms with Gasteiger partial charge in [0.1, 0.15) is 5.92 Å². The maximum atomic E-state index is 13.4. The van der Waals surface area contributed by atoms with Crippen LogP contribution < -0.4 is 0 Å². The summed E-state index contributed by atoms with van der Waals surface area (Å²) in [4.78, 5) is 39.1. The second-order valence-electron chi connectivity index (χ2n) is 6.50. The molecule has 3 aromatic rings. The zero-order valence-corrected chi connectivity index (χ0v) is 15.0. The standard InChI is InChI=1S/C23H15ClO3/c24-16-12-10-15(11-13-16)19(14-6-2-1-3-7-14)23(27)20-21(25)17-8-4-5-9-18(17)22(20)26/h1-13,19-20H/t19-/m1/s1. The summed E-state index contributed by atoms with van der Waals surface area (Å²) in [6.07, 6.45) is 0. The lowest BCUT2D eigenvalue weighted by Crippen LogP contribution is -2.31. The van der Waals surface area contributed by atoms with Gasteiger partial charge in [-0.3, -0.25) is 14.4 Å². The Morgan fingerprint density at radius 1 is 0.704 bits per heavy atom. The Bertz CT molecular complexity index is 1000. The van der Waals surface area contributed by atoms with Gasteiger partial charge in [0.25, 0.3) is 0 Å². The number of carbonyl (C=O) groups excluding carboxylic acids is 3. The van der Waals surface area contributed by atoms with Gasteiger partial charge in [-0.25, -0.2) is 0 Å². The molecule has 0 N–H and O–H groups in total. The molecule has 0 saturated heterocycles. The van der Waals surface area contributed by atoms with E-state index in [-0.39, 0.29) is 0 Å². The molecule has 0 aliphatic heterocycles. The molecule has 0 heterocycles. The second-order valence-corrected chi connectivity index (χ2v) is 6.94. The van der Waals surface area contributed by atoms with E-state index in [0.29, 0.717) is 21.7 Å². The zero-order valence-electron chi connectivity index (χ0n) is 14.3. The van der Waals surface area contributed by atoms with Crippen molar-refractivity contribution in [2.24, 2.45) is 5.92 Å². The summed E-state index contributed by atoms with van der Waals surface area (Å²) < 4.78 is 0. The average Bonchev–Trinajstić information content (AvgIpc) is 2.95. The van der Waals surface area contributed by atoms with Gasteiger partial charge >= 0.3 is 0 Å². The first kappa shape index (κ1) is 17.4. The molecule has 3 nitrogen and oxygen atoms in total. The molecule has 0 spiro atoms. The van der Waals surface area contributed by atoms with Gasteiger partial charge in [0.15, 0.2) is 17.3 Å². The van der Waals surface area contributed by atoms with Crippen molar-refractivity contribution in [3.8, 4) is 0 Å². The number of rotatable bonds is 4. The van der Waals surface area contributed by atoms with Crippen LogP contribution in [0.5, 0.6) is 0 Å². The van der Waals surface area contributed by atoms with Gasteiger partial charge in [0.2, 0.25) is 0 Å². The molecule has 4 heteroatoms. The number of benzene rings is 3. The van der Waals surface area contributed by atoms with E-state index in [2.05, 4.69) is 0 Å². The molecular formula is C23H15ClO3. The highest BCUT2D eigenvalue weighted by Crippen LogP contribution is 2.35. The van der Waals surface area contributed by atoms with Crippen molar-refractivity contribution >= 4 is 29.0 Å². The van der Waals surface area contributed by atoms with Gasteiger partial charge in [-0.1, -0.05) is 78.3 Å². The predicted octanol–water partition coefficient (Wildman–Crippen LogP) is 4.74. The molecule has 0 bridgehead atoms. The highest BCUT2D eigenvalue weighted by Gasteiger charge is 2.45. The lowest BCUT2D eigenvalue weighted by molar-refractivity contribution is -0.120. The van der Waals surface area contributed by atoms with Crippen molar-refractivity contribution in [3.63, 3.8) is 0 Å². The van der Waals surface area contributed by atoms with Crippen LogP contribution in [0.1, 0.15) is 37.8 Å². The number of fused-ring (bicyclic) bond motifs is 1. The van der Waals surface area contributed by atoms with E-state index in [1.807, 2.05) is 30.3 Å². The Hall–Kier alpha value is -3.04. The van der Waals surface area contributed by atoms with Crippen LogP contribution >= 0.6 is 11.6 Å². The fourth-order valence-corrected chi connectivity index (χ4v) is 3.72. The van der Waals surface area contributed by atoms with Gasteiger partial charge in [-0.15, -0.1) is 0 Å². The van der Waals surface area contributed by atoms with E-state index in [1.165, 1.54) is 0 Å². The number of Topliss-reactive ketones (excluding diaryl/α,β-unsaturated/α-hetero) is 3. The predicted molar refractivity (Wildman–Crippen MR) is 103 cm³/mol. The summed E-state index contributed by atoms with van der Waals surface area (Å²) in [7, 11) is 0. The summed E-state index contributed by atoms with van der Waals surface area (Å²) in [5.74, 6) is -3.26. The van der Waals surface area contributed by atoms with Crippen LogP contribution in [-0.4, -0.2) is 17.3 Å². The maximum absolute atomic E-state index is 13.4. The molecule has 1 atom stereocenters. The van der Waals surface area contributed by atoms with Gasteiger partial charge in [0.05, 0.1) is 5.92 Å². The normalized spacial score (nSPS) is 14.9. The SMILES string of the molecule is O=C1c2ccccc2C(=O)C1C(=O)[C@H](c1ccccc1)c1ccc(Cl)cc1. The minimum Gasteiger partial charge on any atom is -0.297 e. The van der Waals surface area contributed by atoms with Gasteiger partial charge in [0, 0.05) is 16.1 Å². The highest BCUT2D eigenvalue weighted by molar-refractivity contribution is 6.36. The van der Waals surface area contributed by atoms with Crippen molar-refractivity contribution in [1.82, 2.24) is 0 Å². The minimum atomic E-state index is -1.30. The molecule has 27 heavy (non-hydrogen) atoms. The van der Waals surface area contributed by atoms with E-state index >= 15 is 0 Å². The van der Waals surface area contributed by atoms with Crippen molar-refractivity contribution in [2.45, 2.75) is 5.92 Å². The molecular weight excluding hydrogens is 360 g/mol. The third kappa shape index (κ3) is 3.00. The second kappa shape index (κ2) is 6.93. The van der Waals surface area contributed by atoms with E-state index in [0.717, 1.165) is 5.56 Å². The van der Waals surface area contributed by atoms with Crippen molar-refractivity contribution in [1.29, 1.82) is 0 Å². The molecule has 0 saturated carbocycles. The van der Waals surface area contributed by atoms with Crippen molar-refractivity contribution in [3.05, 3.63) is 106 Å². The Morgan fingerprint density at radius 2 is 1.19 bits per heavy atom. The van der Waals surface area contributed by atoms with Crippen LogP contribution in [0.3, 0.4) is 0 Å². The van der Waals surface area contributed by atoms with E-state index < -0.39 is 29.2 Å². The molecule has 0 unspecified atom stereocenters. The summed E-state index contributed by atoms with van der Waals surface area (Å²) >= 11 is 5.98. The van der Waals surface area contributed by atoms with Crippen LogP contribution in [-0.2, 0) is 4.79 Å². The number of hydrogen-bond acceptors (Lipinski definition) is 3. The van der Waals surface area contributed by atoms with E-state index in [4.69, 9.17) is 11.6 Å². The van der Waals surface area contributed by atoms with Crippen LogP contribution in [0.4, 0.5) is 0 Å². The third-order valence-corrected chi connectivity index (χ3v) is 5.14. The third-order valence-electron chi connectivity index (χ3n) is 4.89. The fourth-order valence-electron chi connectivity index (χ4n) is 3.59. The molecule has 132 valence electrons. The molecule has 0 amide bonds. The lowest BCUT2D eigenvalue weighted by atomic mass is 9.80.